The molecular formula is C22H25N5O2. The van der Waals surface area contributed by atoms with Gasteiger partial charge < -0.3 is 10.0 Å². The van der Waals surface area contributed by atoms with Gasteiger partial charge in [-0.05, 0) is 38.2 Å². The highest BCUT2D eigenvalue weighted by atomic mass is 16.3. The van der Waals surface area contributed by atoms with E-state index in [-0.39, 0.29) is 12.5 Å². The number of piperidine rings is 1. The zero-order valence-electron chi connectivity index (χ0n) is 16.6. The lowest BCUT2D eigenvalue weighted by molar-refractivity contribution is -0.0612. The van der Waals surface area contributed by atoms with Gasteiger partial charge in [0.25, 0.3) is 5.91 Å². The molecule has 0 spiro atoms. The number of likely N-dealkylation sites (N-methyl/N-ethyl adjacent to an activating group) is 1. The average molecular weight is 391 g/mol. The minimum absolute atomic E-state index is 0.115. The van der Waals surface area contributed by atoms with Gasteiger partial charge >= 0.3 is 0 Å². The van der Waals surface area contributed by atoms with Crippen molar-refractivity contribution in [1.82, 2.24) is 24.6 Å². The summed E-state index contributed by atoms with van der Waals surface area (Å²) in [6.45, 7) is 0.812. The quantitative estimate of drug-likeness (QED) is 0.736. The molecule has 0 aliphatic carbocycles. The zero-order chi connectivity index (χ0) is 20.4. The van der Waals surface area contributed by atoms with E-state index >= 15 is 0 Å². The summed E-state index contributed by atoms with van der Waals surface area (Å²) in [5.74, 6) is -0.115. The summed E-state index contributed by atoms with van der Waals surface area (Å²) in [5.41, 5.74) is 1.76. The first kappa shape index (κ1) is 19.3. The number of aromatic nitrogens is 3. The first-order valence-electron chi connectivity index (χ1n) is 9.68. The van der Waals surface area contributed by atoms with Crippen molar-refractivity contribution in [2.24, 2.45) is 0 Å². The lowest BCUT2D eigenvalue weighted by atomic mass is 9.77. The minimum Gasteiger partial charge on any atom is -0.389 e. The van der Waals surface area contributed by atoms with Gasteiger partial charge in [0, 0.05) is 13.1 Å². The number of carbonyl (C=O) groups excluding carboxylic acids is 1. The van der Waals surface area contributed by atoms with E-state index in [0.717, 1.165) is 5.56 Å². The van der Waals surface area contributed by atoms with Crippen molar-refractivity contribution in [3.05, 3.63) is 78.4 Å². The summed E-state index contributed by atoms with van der Waals surface area (Å²) in [6, 6.07) is 17.4. The molecule has 1 aromatic heterocycles. The fraction of sp³-hybridized carbons (Fsp3) is 0.318. The number of hydrogen-bond donors (Lipinski definition) is 1. The van der Waals surface area contributed by atoms with Gasteiger partial charge in [-0.3, -0.25) is 9.69 Å². The molecule has 1 amide bonds. The van der Waals surface area contributed by atoms with Crippen LogP contribution in [0.3, 0.4) is 0 Å². The van der Waals surface area contributed by atoms with Crippen molar-refractivity contribution in [2.45, 2.75) is 18.1 Å². The Morgan fingerprint density at radius 3 is 2.52 bits per heavy atom. The lowest BCUT2D eigenvalue weighted by Crippen LogP contribution is -2.60. The van der Waals surface area contributed by atoms with Gasteiger partial charge in [0.1, 0.15) is 12.7 Å². The minimum atomic E-state index is -0.712. The molecule has 0 unspecified atom stereocenters. The van der Waals surface area contributed by atoms with Crippen LogP contribution < -0.4 is 0 Å². The maximum atomic E-state index is 13.3. The Morgan fingerprint density at radius 1 is 1.14 bits per heavy atom. The molecular weight excluding hydrogens is 366 g/mol. The van der Waals surface area contributed by atoms with Gasteiger partial charge in [-0.2, -0.15) is 5.10 Å². The van der Waals surface area contributed by atoms with Gasteiger partial charge in [-0.25, -0.2) is 9.67 Å². The molecule has 0 saturated carbocycles. The molecule has 0 bridgehead atoms. The normalized spacial score (nSPS) is 22.1. The first-order chi connectivity index (χ1) is 14.0. The predicted molar refractivity (Wildman–Crippen MR) is 110 cm³/mol. The van der Waals surface area contributed by atoms with Gasteiger partial charge in [0.05, 0.1) is 22.9 Å². The summed E-state index contributed by atoms with van der Waals surface area (Å²) >= 11 is 0. The molecule has 2 aromatic carbocycles. The third-order valence-electron chi connectivity index (χ3n) is 5.87. The monoisotopic (exact) mass is 391 g/mol. The number of benzene rings is 2. The second-order valence-electron chi connectivity index (χ2n) is 7.56. The number of hydrogen-bond acceptors (Lipinski definition) is 5. The Hall–Kier alpha value is -3.03. The van der Waals surface area contributed by atoms with Crippen molar-refractivity contribution in [2.75, 3.05) is 27.2 Å². The van der Waals surface area contributed by atoms with Crippen molar-refractivity contribution in [1.29, 1.82) is 0 Å². The highest BCUT2D eigenvalue weighted by Gasteiger charge is 2.46. The molecule has 1 saturated heterocycles. The number of nitrogens with zero attached hydrogens (tertiary/aromatic N) is 5. The van der Waals surface area contributed by atoms with Crippen LogP contribution in [-0.4, -0.2) is 68.9 Å². The van der Waals surface area contributed by atoms with Crippen LogP contribution in [-0.2, 0) is 5.54 Å². The number of aliphatic hydroxyl groups is 1. The van der Waals surface area contributed by atoms with Gasteiger partial charge in [0.15, 0.2) is 0 Å². The van der Waals surface area contributed by atoms with E-state index in [0.29, 0.717) is 24.2 Å². The van der Waals surface area contributed by atoms with E-state index < -0.39 is 11.6 Å². The second kappa shape index (κ2) is 7.77. The molecule has 0 radical (unpaired) electrons. The highest BCUT2D eigenvalue weighted by molar-refractivity contribution is 5.97. The molecule has 4 rings (SSSR count). The van der Waals surface area contributed by atoms with E-state index in [4.69, 9.17) is 0 Å². The van der Waals surface area contributed by atoms with E-state index in [1.165, 1.54) is 6.33 Å². The van der Waals surface area contributed by atoms with Gasteiger partial charge in [0.2, 0.25) is 0 Å². The lowest BCUT2D eigenvalue weighted by Gasteiger charge is -2.49. The van der Waals surface area contributed by atoms with Crippen LogP contribution in [0.15, 0.2) is 67.3 Å². The Morgan fingerprint density at radius 2 is 1.86 bits per heavy atom. The Balaban J connectivity index is 1.62. The Kier molecular flexibility index (Phi) is 5.17. The summed E-state index contributed by atoms with van der Waals surface area (Å²) < 4.78 is 1.59. The number of β-amino-alcohol motifs (C(OH)–C–C–N with tert-alkyl or cyclic N) is 1. The Labute approximate surface area is 170 Å². The largest absolute Gasteiger partial charge is 0.389 e. The van der Waals surface area contributed by atoms with Crippen LogP contribution in [0.4, 0.5) is 0 Å². The summed E-state index contributed by atoms with van der Waals surface area (Å²) in [7, 11) is 3.96. The second-order valence-corrected chi connectivity index (χ2v) is 7.56. The van der Waals surface area contributed by atoms with E-state index in [1.54, 1.807) is 22.0 Å². The maximum absolute atomic E-state index is 13.3. The fourth-order valence-corrected chi connectivity index (χ4v) is 4.31. The maximum Gasteiger partial charge on any atom is 0.256 e. The predicted octanol–water partition coefficient (Wildman–Crippen LogP) is 1.93. The summed E-state index contributed by atoms with van der Waals surface area (Å²) in [5, 5.41) is 15.4. The van der Waals surface area contributed by atoms with Crippen LogP contribution in [0.2, 0.25) is 0 Å². The molecule has 1 aliphatic rings. The van der Waals surface area contributed by atoms with Crippen LogP contribution in [0.5, 0.6) is 0 Å². The topological polar surface area (TPSA) is 74.5 Å². The van der Waals surface area contributed by atoms with Crippen molar-refractivity contribution < 1.29 is 9.90 Å². The highest BCUT2D eigenvalue weighted by Crippen LogP contribution is 2.38. The van der Waals surface area contributed by atoms with E-state index in [9.17, 15) is 9.90 Å². The number of amides is 1. The molecule has 1 aliphatic heterocycles. The Bertz CT molecular complexity index is 974. The molecule has 29 heavy (non-hydrogen) atoms. The van der Waals surface area contributed by atoms with Crippen LogP contribution >= 0.6 is 0 Å². The third kappa shape index (κ3) is 3.32. The fourth-order valence-electron chi connectivity index (χ4n) is 4.31. The number of para-hydroxylation sites is 1. The van der Waals surface area contributed by atoms with Crippen LogP contribution in [0, 0.1) is 0 Å². The zero-order valence-corrected chi connectivity index (χ0v) is 16.6. The van der Waals surface area contributed by atoms with Crippen molar-refractivity contribution in [3.8, 4) is 5.69 Å². The standard InChI is InChI=1S/C22H25N5O2/c1-25(2)22(17-8-4-3-5-9-17)12-13-26(14-20(22)28)21(29)18-10-6-7-11-19(18)27-16-23-15-24-27/h3-11,15-16,20,28H,12-14H2,1-2H3/t20-,22+/m1/s1. The first-order valence-corrected chi connectivity index (χ1v) is 9.68. The number of aliphatic hydroxyl groups excluding tert-OH is 1. The van der Waals surface area contributed by atoms with Crippen molar-refractivity contribution in [3.63, 3.8) is 0 Å². The summed E-state index contributed by atoms with van der Waals surface area (Å²) in [6.07, 6.45) is 2.94. The molecule has 150 valence electrons. The molecule has 7 nitrogen and oxygen atoms in total. The van der Waals surface area contributed by atoms with Crippen LogP contribution in [0.25, 0.3) is 5.69 Å². The molecule has 3 aromatic rings. The molecule has 7 heteroatoms. The number of likely N-dealkylation sites (tertiary alicyclic amines) is 1. The van der Waals surface area contributed by atoms with Crippen molar-refractivity contribution >= 4 is 5.91 Å². The molecule has 1 fully saturated rings. The SMILES string of the molecule is CN(C)[C@]1(c2ccccc2)CCN(C(=O)c2ccccc2-n2cncn2)C[C@H]1O. The van der Waals surface area contributed by atoms with E-state index in [1.807, 2.05) is 62.6 Å². The molecule has 2 atom stereocenters. The summed E-state index contributed by atoms with van der Waals surface area (Å²) in [4.78, 5) is 21.1. The third-order valence-corrected chi connectivity index (χ3v) is 5.87. The average Bonchev–Trinajstić information content (AvgIpc) is 3.28. The van der Waals surface area contributed by atoms with Gasteiger partial charge in [-0.1, -0.05) is 42.5 Å². The van der Waals surface area contributed by atoms with Gasteiger partial charge in [-0.15, -0.1) is 0 Å². The number of carbonyl (C=O) groups is 1. The number of rotatable bonds is 4. The molecule has 2 heterocycles. The smallest absolute Gasteiger partial charge is 0.256 e. The van der Waals surface area contributed by atoms with Crippen LogP contribution in [0.1, 0.15) is 22.3 Å². The van der Waals surface area contributed by atoms with E-state index in [2.05, 4.69) is 15.0 Å². The molecule has 1 N–H and O–H groups in total.